The summed E-state index contributed by atoms with van der Waals surface area (Å²) in [6.45, 7) is 5.40. The van der Waals surface area contributed by atoms with Gasteiger partial charge in [0.05, 0.1) is 5.69 Å². The number of hydrogen-bond donors (Lipinski definition) is 1. The van der Waals surface area contributed by atoms with Crippen LogP contribution in [0.25, 0.3) is 0 Å². The highest BCUT2D eigenvalue weighted by Gasteiger charge is 2.10. The quantitative estimate of drug-likeness (QED) is 0.601. The molecule has 0 heterocycles. The number of unbranched alkanes of at least 4 members (excludes halogenated alkanes) is 1. The van der Waals surface area contributed by atoms with E-state index in [1.54, 1.807) is 0 Å². The molecule has 0 aliphatic heterocycles. The van der Waals surface area contributed by atoms with Crippen LogP contribution < -0.4 is 5.32 Å². The van der Waals surface area contributed by atoms with Gasteiger partial charge in [-0.3, -0.25) is 0 Å². The molecule has 0 aliphatic carbocycles. The molecule has 25 heavy (non-hydrogen) atoms. The zero-order valence-corrected chi connectivity index (χ0v) is 16.8. The van der Waals surface area contributed by atoms with Gasteiger partial charge in [-0.2, -0.15) is 4.99 Å². The van der Waals surface area contributed by atoms with Crippen molar-refractivity contribution in [2.75, 3.05) is 34.7 Å². The Kier molecular flexibility index (Phi) is 9.66. The summed E-state index contributed by atoms with van der Waals surface area (Å²) in [5, 5.41) is 3.48. The highest BCUT2D eigenvalue weighted by atomic mass is 15.4. The van der Waals surface area contributed by atoms with Crippen molar-refractivity contribution >= 4 is 17.6 Å². The number of nitrogens with one attached hydrogen (secondary N) is 1. The number of hydrogen-bond acceptors (Lipinski definition) is 1. The minimum absolute atomic E-state index is 0.651. The van der Waals surface area contributed by atoms with Crippen molar-refractivity contribution in [3.05, 3.63) is 30.3 Å². The summed E-state index contributed by atoms with van der Waals surface area (Å²) in [7, 11) is 7.98. The van der Waals surface area contributed by atoms with Crippen LogP contribution in [0.3, 0.4) is 0 Å². The Labute approximate surface area is 153 Å². The van der Waals surface area contributed by atoms with E-state index in [9.17, 15) is 0 Å². The van der Waals surface area contributed by atoms with Crippen LogP contribution in [0.15, 0.2) is 40.3 Å². The molecule has 1 aromatic carbocycles. The first-order valence-corrected chi connectivity index (χ1v) is 9.28. The fraction of sp³-hybridized carbons (Fsp3) is 0.600. The van der Waals surface area contributed by atoms with Gasteiger partial charge in [-0.1, -0.05) is 51.3 Å². The molecular weight excluding hydrogens is 310 g/mol. The van der Waals surface area contributed by atoms with E-state index < -0.39 is 0 Å². The molecule has 0 saturated carbocycles. The number of benzene rings is 1. The van der Waals surface area contributed by atoms with Crippen molar-refractivity contribution in [2.45, 2.75) is 39.5 Å². The first-order valence-electron chi connectivity index (χ1n) is 9.28. The van der Waals surface area contributed by atoms with E-state index in [1.807, 2.05) is 68.3 Å². The molecule has 0 spiro atoms. The van der Waals surface area contributed by atoms with E-state index in [-0.39, 0.29) is 0 Å². The summed E-state index contributed by atoms with van der Waals surface area (Å²) in [6, 6.07) is 9.98. The van der Waals surface area contributed by atoms with Crippen molar-refractivity contribution in [2.24, 2.45) is 15.9 Å². The summed E-state index contributed by atoms with van der Waals surface area (Å²) >= 11 is 0. The van der Waals surface area contributed by atoms with Gasteiger partial charge in [0.15, 0.2) is 0 Å². The minimum atomic E-state index is 0.651. The molecule has 0 aromatic heterocycles. The van der Waals surface area contributed by atoms with Gasteiger partial charge in [0.1, 0.15) is 0 Å². The summed E-state index contributed by atoms with van der Waals surface area (Å²) < 4.78 is 0. The fourth-order valence-electron chi connectivity index (χ4n) is 2.60. The van der Waals surface area contributed by atoms with Gasteiger partial charge in [0, 0.05) is 34.7 Å². The zero-order chi connectivity index (χ0) is 18.7. The predicted molar refractivity (Wildman–Crippen MR) is 110 cm³/mol. The monoisotopic (exact) mass is 345 g/mol. The van der Waals surface area contributed by atoms with Crippen LogP contribution in [0.5, 0.6) is 0 Å². The van der Waals surface area contributed by atoms with E-state index in [4.69, 9.17) is 9.98 Å². The van der Waals surface area contributed by atoms with Crippen LogP contribution in [0.1, 0.15) is 39.5 Å². The van der Waals surface area contributed by atoms with Crippen LogP contribution in [0.2, 0.25) is 0 Å². The van der Waals surface area contributed by atoms with Crippen LogP contribution in [0.4, 0.5) is 5.69 Å². The Morgan fingerprint density at radius 1 is 1.04 bits per heavy atom. The maximum Gasteiger partial charge on any atom is 0.226 e. The van der Waals surface area contributed by atoms with Crippen molar-refractivity contribution in [3.8, 4) is 0 Å². The third-order valence-electron chi connectivity index (χ3n) is 4.09. The van der Waals surface area contributed by atoms with E-state index >= 15 is 0 Å². The molecule has 1 aromatic rings. The molecule has 0 saturated heterocycles. The Morgan fingerprint density at radius 2 is 1.68 bits per heavy atom. The second-order valence-corrected chi connectivity index (χ2v) is 6.77. The number of guanidine groups is 2. The number of para-hydroxylation sites is 1. The molecule has 0 aliphatic rings. The lowest BCUT2D eigenvalue weighted by Crippen LogP contribution is -2.38. The van der Waals surface area contributed by atoms with Gasteiger partial charge in [-0.15, -0.1) is 0 Å². The maximum atomic E-state index is 4.76. The Morgan fingerprint density at radius 3 is 2.20 bits per heavy atom. The second kappa shape index (κ2) is 11.5. The van der Waals surface area contributed by atoms with Crippen molar-refractivity contribution in [1.82, 2.24) is 15.1 Å². The van der Waals surface area contributed by atoms with Gasteiger partial charge in [-0.05, 0) is 24.5 Å². The van der Waals surface area contributed by atoms with Crippen LogP contribution in [-0.2, 0) is 0 Å². The van der Waals surface area contributed by atoms with E-state index in [2.05, 4.69) is 19.2 Å². The Bertz CT molecular complexity index is 524. The molecule has 0 bridgehead atoms. The molecule has 0 radical (unpaired) electrons. The molecule has 5 nitrogen and oxygen atoms in total. The average Bonchev–Trinajstić information content (AvgIpc) is 2.59. The summed E-state index contributed by atoms with van der Waals surface area (Å²) in [5.74, 6) is 2.18. The van der Waals surface area contributed by atoms with Crippen molar-refractivity contribution in [3.63, 3.8) is 0 Å². The first kappa shape index (κ1) is 21.0. The van der Waals surface area contributed by atoms with Crippen molar-refractivity contribution < 1.29 is 0 Å². The lowest BCUT2D eigenvalue weighted by molar-refractivity contribution is 0.444. The van der Waals surface area contributed by atoms with E-state index in [0.717, 1.165) is 18.2 Å². The normalized spacial score (nSPS) is 12.5. The highest BCUT2D eigenvalue weighted by molar-refractivity contribution is 5.95. The van der Waals surface area contributed by atoms with E-state index in [1.165, 1.54) is 25.7 Å². The topological polar surface area (TPSA) is 43.2 Å². The van der Waals surface area contributed by atoms with Gasteiger partial charge >= 0.3 is 0 Å². The number of aliphatic imine (C=N–C) groups is 2. The lowest BCUT2D eigenvalue weighted by atomic mass is 9.99. The Balaban J connectivity index is 2.99. The minimum Gasteiger partial charge on any atom is -0.354 e. The average molecular weight is 346 g/mol. The van der Waals surface area contributed by atoms with Crippen LogP contribution >= 0.6 is 0 Å². The number of rotatable bonds is 7. The van der Waals surface area contributed by atoms with Crippen LogP contribution in [0, 0.1) is 5.92 Å². The van der Waals surface area contributed by atoms with Crippen molar-refractivity contribution in [1.29, 1.82) is 0 Å². The molecule has 5 heteroatoms. The number of nitrogens with zero attached hydrogens (tertiary/aromatic N) is 4. The van der Waals surface area contributed by atoms with Gasteiger partial charge < -0.3 is 15.1 Å². The Hall–Kier alpha value is -2.04. The summed E-state index contributed by atoms with van der Waals surface area (Å²) in [5.41, 5.74) is 0.909. The maximum absolute atomic E-state index is 4.76. The molecule has 1 rings (SSSR count). The van der Waals surface area contributed by atoms with Gasteiger partial charge in [0.2, 0.25) is 11.9 Å². The summed E-state index contributed by atoms with van der Waals surface area (Å²) in [4.78, 5) is 13.5. The molecule has 140 valence electrons. The van der Waals surface area contributed by atoms with E-state index in [0.29, 0.717) is 11.9 Å². The standard InChI is InChI=1S/C20H35N5/c1-7-9-13-17(8-2)16-21-19(22-18-14-11-10-12-15-18)23-20(24(3)4)25(5)6/h10-12,14-15,17H,7-9,13,16H2,1-6H3,(H,21,22). The second-order valence-electron chi connectivity index (χ2n) is 6.77. The smallest absolute Gasteiger partial charge is 0.226 e. The molecule has 1 unspecified atom stereocenters. The summed E-state index contributed by atoms with van der Waals surface area (Å²) in [6.07, 6.45) is 4.93. The zero-order valence-electron chi connectivity index (χ0n) is 16.8. The SMILES string of the molecule is CCCCC(CC)CN/C(N=C(N(C)C)N(C)C)=N/c1ccccc1. The molecule has 1 atom stereocenters. The van der Waals surface area contributed by atoms with Crippen LogP contribution in [-0.4, -0.2) is 56.5 Å². The third kappa shape index (κ3) is 8.05. The van der Waals surface area contributed by atoms with Gasteiger partial charge in [0.25, 0.3) is 0 Å². The predicted octanol–water partition coefficient (Wildman–Crippen LogP) is 3.96. The lowest BCUT2D eigenvalue weighted by Gasteiger charge is -2.23. The largest absolute Gasteiger partial charge is 0.354 e. The first-order chi connectivity index (χ1) is 12.0. The molecule has 0 fully saturated rings. The fourth-order valence-corrected chi connectivity index (χ4v) is 2.60. The molecular formula is C20H35N5. The van der Waals surface area contributed by atoms with Gasteiger partial charge in [-0.25, -0.2) is 4.99 Å². The molecule has 0 amide bonds. The highest BCUT2D eigenvalue weighted by Crippen LogP contribution is 2.13. The third-order valence-corrected chi connectivity index (χ3v) is 4.09. The molecule has 1 N–H and O–H groups in total.